The molecular weight excluding hydrogens is 216 g/mol. The average molecular weight is 226 g/mol. The van der Waals surface area contributed by atoms with Gasteiger partial charge in [-0.15, -0.1) is 0 Å². The number of hydrogen-bond acceptors (Lipinski definition) is 2. The van der Waals surface area contributed by atoms with Crippen LogP contribution in [0, 0.1) is 6.92 Å². The van der Waals surface area contributed by atoms with E-state index in [0.29, 0.717) is 5.57 Å². The largest absolute Gasteiger partial charge is 0.360 e. The van der Waals surface area contributed by atoms with Crippen LogP contribution in [-0.4, -0.2) is 16.8 Å². The Morgan fingerprint density at radius 1 is 1.18 bits per heavy atom. The lowest BCUT2D eigenvalue weighted by molar-refractivity contribution is -0.123. The van der Waals surface area contributed by atoms with Crippen molar-refractivity contribution in [2.24, 2.45) is 0 Å². The zero-order valence-corrected chi connectivity index (χ0v) is 9.20. The van der Waals surface area contributed by atoms with Crippen molar-refractivity contribution in [3.8, 4) is 0 Å². The Bertz CT molecular complexity index is 680. The lowest BCUT2D eigenvalue weighted by atomic mass is 10.0. The molecule has 1 aromatic heterocycles. The molecule has 1 aliphatic heterocycles. The maximum Gasteiger partial charge on any atom is 0.258 e. The molecule has 0 unspecified atom stereocenters. The maximum absolute atomic E-state index is 11.6. The average Bonchev–Trinajstić information content (AvgIpc) is 2.83. The van der Waals surface area contributed by atoms with Crippen LogP contribution in [0.25, 0.3) is 16.5 Å². The van der Waals surface area contributed by atoms with Gasteiger partial charge in [-0.1, -0.05) is 18.2 Å². The van der Waals surface area contributed by atoms with Crippen LogP contribution in [0.3, 0.4) is 0 Å². The Morgan fingerprint density at radius 2 is 2.00 bits per heavy atom. The highest BCUT2D eigenvalue weighted by molar-refractivity contribution is 6.35. The molecule has 0 radical (unpaired) electrons. The number of aromatic nitrogens is 1. The summed E-state index contributed by atoms with van der Waals surface area (Å²) < 4.78 is 0. The standard InChI is InChI=1S/C13H10N2O2/c1-7-3-2-4-8-10(6-14-12(7)8)9-5-11(16)15-13(9)17/h2-6,14H,1H3,(H,15,16,17). The van der Waals surface area contributed by atoms with Crippen LogP contribution in [-0.2, 0) is 9.59 Å². The Labute approximate surface area is 97.3 Å². The molecule has 0 saturated heterocycles. The Balaban J connectivity index is 2.26. The third-order valence-electron chi connectivity index (χ3n) is 2.97. The first kappa shape index (κ1) is 9.84. The van der Waals surface area contributed by atoms with Crippen molar-refractivity contribution in [1.82, 2.24) is 10.3 Å². The number of carbonyl (C=O) groups excluding carboxylic acids is 2. The second-order valence-corrected chi connectivity index (χ2v) is 4.08. The fourth-order valence-corrected chi connectivity index (χ4v) is 2.14. The van der Waals surface area contributed by atoms with Gasteiger partial charge in [0, 0.05) is 28.7 Å². The third kappa shape index (κ3) is 1.38. The number of carbonyl (C=O) groups is 2. The van der Waals surface area contributed by atoms with E-state index < -0.39 is 0 Å². The predicted octanol–water partition coefficient (Wildman–Crippen LogP) is 1.52. The minimum Gasteiger partial charge on any atom is -0.360 e. The van der Waals surface area contributed by atoms with E-state index in [4.69, 9.17) is 0 Å². The molecule has 2 heterocycles. The fourth-order valence-electron chi connectivity index (χ4n) is 2.14. The van der Waals surface area contributed by atoms with Crippen LogP contribution in [0.4, 0.5) is 0 Å². The SMILES string of the molecule is Cc1cccc2c(C3=CC(=O)NC3=O)c[nH]c12. The Kier molecular flexibility index (Phi) is 1.92. The smallest absolute Gasteiger partial charge is 0.258 e. The molecule has 0 atom stereocenters. The zero-order valence-electron chi connectivity index (χ0n) is 9.20. The van der Waals surface area contributed by atoms with E-state index in [1.807, 2.05) is 25.1 Å². The lowest BCUT2D eigenvalue weighted by Gasteiger charge is -1.99. The third-order valence-corrected chi connectivity index (χ3v) is 2.97. The highest BCUT2D eigenvalue weighted by Gasteiger charge is 2.24. The molecule has 2 N–H and O–H groups in total. The van der Waals surface area contributed by atoms with Crippen LogP contribution < -0.4 is 5.32 Å². The van der Waals surface area contributed by atoms with E-state index in [1.54, 1.807) is 6.20 Å². The van der Waals surface area contributed by atoms with Gasteiger partial charge >= 0.3 is 0 Å². The number of hydrogen-bond donors (Lipinski definition) is 2. The van der Waals surface area contributed by atoms with E-state index in [9.17, 15) is 9.59 Å². The van der Waals surface area contributed by atoms with Crippen LogP contribution in [0.2, 0.25) is 0 Å². The normalized spacial score (nSPS) is 15.2. The van der Waals surface area contributed by atoms with Crippen LogP contribution in [0.1, 0.15) is 11.1 Å². The van der Waals surface area contributed by atoms with Gasteiger partial charge in [-0.25, -0.2) is 0 Å². The molecule has 0 fully saturated rings. The monoisotopic (exact) mass is 226 g/mol. The van der Waals surface area contributed by atoms with Crippen LogP contribution >= 0.6 is 0 Å². The number of H-pyrrole nitrogens is 1. The van der Waals surface area contributed by atoms with Crippen molar-refractivity contribution in [2.45, 2.75) is 6.92 Å². The van der Waals surface area contributed by atoms with Crippen molar-refractivity contribution >= 4 is 28.3 Å². The molecule has 4 nitrogen and oxygen atoms in total. The van der Waals surface area contributed by atoms with Gasteiger partial charge in [0.05, 0.1) is 5.57 Å². The molecule has 2 aromatic rings. The molecule has 84 valence electrons. The second kappa shape index (κ2) is 3.31. The summed E-state index contributed by atoms with van der Waals surface area (Å²) in [5.74, 6) is -0.690. The number of para-hydroxylation sites is 1. The van der Waals surface area contributed by atoms with Gasteiger partial charge in [-0.2, -0.15) is 0 Å². The number of rotatable bonds is 1. The highest BCUT2D eigenvalue weighted by atomic mass is 16.2. The van der Waals surface area contributed by atoms with E-state index in [2.05, 4.69) is 10.3 Å². The molecule has 0 saturated carbocycles. The number of imide groups is 1. The first-order valence-corrected chi connectivity index (χ1v) is 5.31. The minimum absolute atomic E-state index is 0.336. The van der Waals surface area contributed by atoms with Gasteiger partial charge in [-0.05, 0) is 12.5 Å². The number of nitrogens with one attached hydrogen (secondary N) is 2. The predicted molar refractivity (Wildman–Crippen MR) is 64.2 cm³/mol. The molecule has 3 rings (SSSR count). The Morgan fingerprint density at radius 3 is 2.71 bits per heavy atom. The van der Waals surface area contributed by atoms with E-state index in [1.165, 1.54) is 6.08 Å². The number of benzene rings is 1. The molecular formula is C13H10N2O2. The molecule has 1 aromatic carbocycles. The number of amides is 2. The minimum atomic E-state index is -0.355. The summed E-state index contributed by atoms with van der Waals surface area (Å²) in [6.07, 6.45) is 3.11. The molecule has 0 spiro atoms. The molecule has 0 aliphatic carbocycles. The molecule has 1 aliphatic rings. The van der Waals surface area contributed by atoms with E-state index in [0.717, 1.165) is 22.0 Å². The van der Waals surface area contributed by atoms with Gasteiger partial charge in [0.15, 0.2) is 0 Å². The summed E-state index contributed by atoms with van der Waals surface area (Å²) in [5, 5.41) is 3.21. The van der Waals surface area contributed by atoms with Gasteiger partial charge in [0.2, 0.25) is 0 Å². The van der Waals surface area contributed by atoms with Gasteiger partial charge in [-0.3, -0.25) is 14.9 Å². The van der Waals surface area contributed by atoms with E-state index >= 15 is 0 Å². The van der Waals surface area contributed by atoms with Crippen molar-refractivity contribution in [1.29, 1.82) is 0 Å². The van der Waals surface area contributed by atoms with E-state index in [-0.39, 0.29) is 11.8 Å². The van der Waals surface area contributed by atoms with Gasteiger partial charge in [0.25, 0.3) is 11.8 Å². The highest BCUT2D eigenvalue weighted by Crippen LogP contribution is 2.28. The number of aromatic amines is 1. The molecule has 0 bridgehead atoms. The van der Waals surface area contributed by atoms with Gasteiger partial charge in [0.1, 0.15) is 0 Å². The number of aryl methyl sites for hydroxylation is 1. The lowest BCUT2D eigenvalue weighted by Crippen LogP contribution is -2.21. The Hall–Kier alpha value is -2.36. The van der Waals surface area contributed by atoms with Crippen LogP contribution in [0.5, 0.6) is 0 Å². The topological polar surface area (TPSA) is 62.0 Å². The second-order valence-electron chi connectivity index (χ2n) is 4.08. The number of fused-ring (bicyclic) bond motifs is 1. The van der Waals surface area contributed by atoms with Crippen molar-refractivity contribution in [2.75, 3.05) is 0 Å². The molecule has 2 amide bonds. The van der Waals surface area contributed by atoms with Crippen molar-refractivity contribution in [3.63, 3.8) is 0 Å². The summed E-state index contributed by atoms with van der Waals surface area (Å²) in [4.78, 5) is 25.9. The molecule has 17 heavy (non-hydrogen) atoms. The summed E-state index contributed by atoms with van der Waals surface area (Å²) in [6, 6.07) is 5.87. The summed E-state index contributed by atoms with van der Waals surface area (Å²) >= 11 is 0. The zero-order chi connectivity index (χ0) is 12.0. The first-order valence-electron chi connectivity index (χ1n) is 5.31. The quantitative estimate of drug-likeness (QED) is 0.724. The fraction of sp³-hybridized carbons (Fsp3) is 0.0769. The maximum atomic E-state index is 11.6. The van der Waals surface area contributed by atoms with Crippen molar-refractivity contribution in [3.05, 3.63) is 41.6 Å². The molecule has 4 heteroatoms. The first-order chi connectivity index (χ1) is 8.16. The van der Waals surface area contributed by atoms with Crippen LogP contribution in [0.15, 0.2) is 30.5 Å². The summed E-state index contributed by atoms with van der Waals surface area (Å²) in [7, 11) is 0. The summed E-state index contributed by atoms with van der Waals surface area (Å²) in [5.41, 5.74) is 3.30. The van der Waals surface area contributed by atoms with Crippen molar-refractivity contribution < 1.29 is 9.59 Å². The van der Waals surface area contributed by atoms with Gasteiger partial charge < -0.3 is 4.98 Å². The summed E-state index contributed by atoms with van der Waals surface area (Å²) in [6.45, 7) is 2.00.